The van der Waals surface area contributed by atoms with Crippen LogP contribution in [0.3, 0.4) is 0 Å². The van der Waals surface area contributed by atoms with E-state index in [9.17, 15) is 4.79 Å². The van der Waals surface area contributed by atoms with Crippen molar-refractivity contribution in [3.05, 3.63) is 59.9 Å². The van der Waals surface area contributed by atoms with E-state index in [0.717, 1.165) is 30.9 Å². The number of nitrogens with zero attached hydrogens (tertiary/aromatic N) is 7. The van der Waals surface area contributed by atoms with Gasteiger partial charge in [0.2, 0.25) is 11.7 Å². The number of carbonyl (C=O) groups excluding carboxylic acids is 1. The van der Waals surface area contributed by atoms with Crippen molar-refractivity contribution in [3.8, 4) is 11.4 Å². The molecule has 8 heteroatoms. The summed E-state index contributed by atoms with van der Waals surface area (Å²) in [4.78, 5) is 22.6. The zero-order chi connectivity index (χ0) is 19.3. The topological polar surface area (TPSA) is 80.0 Å². The molecule has 0 saturated carbocycles. The second-order valence-corrected chi connectivity index (χ2v) is 6.93. The summed E-state index contributed by atoms with van der Waals surface area (Å²) >= 11 is 0. The lowest BCUT2D eigenvalue weighted by molar-refractivity contribution is -0.134. The van der Waals surface area contributed by atoms with Gasteiger partial charge in [0.25, 0.3) is 0 Å². The van der Waals surface area contributed by atoms with Crippen LogP contribution in [-0.4, -0.2) is 67.1 Å². The third kappa shape index (κ3) is 4.23. The van der Waals surface area contributed by atoms with Gasteiger partial charge in [-0.3, -0.25) is 14.7 Å². The summed E-state index contributed by atoms with van der Waals surface area (Å²) in [6.07, 6.45) is 1.83. The van der Waals surface area contributed by atoms with Crippen molar-refractivity contribution in [3.63, 3.8) is 0 Å². The van der Waals surface area contributed by atoms with Crippen LogP contribution in [0.1, 0.15) is 11.3 Å². The molecule has 1 aromatic carbocycles. The molecule has 0 bridgehead atoms. The molecule has 28 heavy (non-hydrogen) atoms. The molecule has 0 unspecified atom stereocenters. The summed E-state index contributed by atoms with van der Waals surface area (Å²) in [7, 11) is 0. The van der Waals surface area contributed by atoms with E-state index in [1.165, 1.54) is 10.4 Å². The van der Waals surface area contributed by atoms with Gasteiger partial charge >= 0.3 is 0 Å². The summed E-state index contributed by atoms with van der Waals surface area (Å²) in [5, 5.41) is 12.4. The zero-order valence-electron chi connectivity index (χ0n) is 15.9. The lowest BCUT2D eigenvalue weighted by Gasteiger charge is -2.34. The fourth-order valence-corrected chi connectivity index (χ4v) is 3.29. The highest BCUT2D eigenvalue weighted by Crippen LogP contribution is 2.13. The number of benzene rings is 1. The molecule has 3 heterocycles. The number of carbonyl (C=O) groups is 1. The Morgan fingerprint density at radius 1 is 1.04 bits per heavy atom. The van der Waals surface area contributed by atoms with Crippen LogP contribution >= 0.6 is 0 Å². The minimum Gasteiger partial charge on any atom is -0.338 e. The molecule has 0 atom stereocenters. The first-order chi connectivity index (χ1) is 13.7. The van der Waals surface area contributed by atoms with Gasteiger partial charge in [0, 0.05) is 44.5 Å². The van der Waals surface area contributed by atoms with E-state index in [1.807, 2.05) is 47.5 Å². The average molecular weight is 377 g/mol. The van der Waals surface area contributed by atoms with Crippen LogP contribution in [0, 0.1) is 6.92 Å². The lowest BCUT2D eigenvalue weighted by Crippen LogP contribution is -2.49. The SMILES string of the molecule is Cc1cccnc1CN1CCN(C(=O)Cn2nnc(-c3ccccc3)n2)CC1. The number of rotatable bonds is 5. The first kappa shape index (κ1) is 18.2. The summed E-state index contributed by atoms with van der Waals surface area (Å²) in [6, 6.07) is 13.7. The van der Waals surface area contributed by atoms with Crippen LogP contribution in [0.15, 0.2) is 48.7 Å². The summed E-state index contributed by atoms with van der Waals surface area (Å²) < 4.78 is 0. The van der Waals surface area contributed by atoms with Crippen molar-refractivity contribution >= 4 is 5.91 Å². The van der Waals surface area contributed by atoms with Gasteiger partial charge in [-0.1, -0.05) is 36.4 Å². The molecule has 4 rings (SSSR count). The Hall–Kier alpha value is -3.13. The third-order valence-corrected chi connectivity index (χ3v) is 4.98. The largest absolute Gasteiger partial charge is 0.338 e. The van der Waals surface area contributed by atoms with E-state index < -0.39 is 0 Å². The predicted octanol–water partition coefficient (Wildman–Crippen LogP) is 1.39. The average Bonchev–Trinajstić information content (AvgIpc) is 3.19. The Morgan fingerprint density at radius 3 is 2.57 bits per heavy atom. The van der Waals surface area contributed by atoms with Crippen molar-refractivity contribution in [2.75, 3.05) is 26.2 Å². The standard InChI is InChI=1S/C20H23N7O/c1-16-6-5-9-21-18(16)14-25-10-12-26(13-11-25)19(28)15-27-23-20(22-24-27)17-7-3-2-4-8-17/h2-9H,10-15H2,1H3. The first-order valence-electron chi connectivity index (χ1n) is 9.43. The van der Waals surface area contributed by atoms with Gasteiger partial charge in [0.15, 0.2) is 0 Å². The Balaban J connectivity index is 1.30. The first-order valence-corrected chi connectivity index (χ1v) is 9.43. The molecule has 1 fully saturated rings. The summed E-state index contributed by atoms with van der Waals surface area (Å²) in [6.45, 7) is 6.08. The molecule has 0 aliphatic carbocycles. The van der Waals surface area contributed by atoms with Gasteiger partial charge in [-0.2, -0.15) is 4.80 Å². The van der Waals surface area contributed by atoms with E-state index in [-0.39, 0.29) is 12.5 Å². The second-order valence-electron chi connectivity index (χ2n) is 6.93. The molecule has 0 radical (unpaired) electrons. The molecule has 1 aliphatic heterocycles. The predicted molar refractivity (Wildman–Crippen MR) is 104 cm³/mol. The van der Waals surface area contributed by atoms with Gasteiger partial charge in [0.1, 0.15) is 6.54 Å². The summed E-state index contributed by atoms with van der Waals surface area (Å²) in [5.41, 5.74) is 3.19. The monoisotopic (exact) mass is 377 g/mol. The Kier molecular flexibility index (Phi) is 5.38. The number of amides is 1. The molecule has 0 spiro atoms. The fraction of sp³-hybridized carbons (Fsp3) is 0.350. The van der Waals surface area contributed by atoms with Crippen molar-refractivity contribution in [1.29, 1.82) is 0 Å². The maximum atomic E-state index is 12.6. The number of tetrazole rings is 1. The number of hydrogen-bond donors (Lipinski definition) is 0. The van der Waals surface area contributed by atoms with Gasteiger partial charge < -0.3 is 4.90 Å². The smallest absolute Gasteiger partial charge is 0.246 e. The normalized spacial score (nSPS) is 15.0. The van der Waals surface area contributed by atoms with Gasteiger partial charge in [0.05, 0.1) is 5.69 Å². The number of pyridine rings is 1. The molecule has 0 N–H and O–H groups in total. The maximum Gasteiger partial charge on any atom is 0.246 e. The van der Waals surface area contributed by atoms with E-state index in [2.05, 4.69) is 38.3 Å². The van der Waals surface area contributed by atoms with Crippen LogP contribution in [0.25, 0.3) is 11.4 Å². The maximum absolute atomic E-state index is 12.6. The Morgan fingerprint density at radius 2 is 1.82 bits per heavy atom. The molecule has 1 aliphatic rings. The molecule has 1 saturated heterocycles. The quantitative estimate of drug-likeness (QED) is 0.668. The van der Waals surface area contributed by atoms with Gasteiger partial charge in [-0.05, 0) is 23.8 Å². The molecule has 3 aromatic rings. The van der Waals surface area contributed by atoms with Gasteiger partial charge in [-0.15, -0.1) is 10.2 Å². The second kappa shape index (κ2) is 8.26. The van der Waals surface area contributed by atoms with Gasteiger partial charge in [-0.25, -0.2) is 0 Å². The van der Waals surface area contributed by atoms with E-state index >= 15 is 0 Å². The summed E-state index contributed by atoms with van der Waals surface area (Å²) in [5.74, 6) is 0.551. The molecular weight excluding hydrogens is 354 g/mol. The van der Waals surface area contributed by atoms with E-state index in [0.29, 0.717) is 18.9 Å². The fourth-order valence-electron chi connectivity index (χ4n) is 3.29. The van der Waals surface area contributed by atoms with Crippen molar-refractivity contribution in [2.45, 2.75) is 20.0 Å². The van der Waals surface area contributed by atoms with E-state index in [1.54, 1.807) is 0 Å². The molecule has 1 amide bonds. The minimum atomic E-state index is 0.0191. The number of piperazine rings is 1. The van der Waals surface area contributed by atoms with E-state index in [4.69, 9.17) is 0 Å². The van der Waals surface area contributed by atoms with Crippen LogP contribution in [0.2, 0.25) is 0 Å². The molecule has 2 aromatic heterocycles. The molecular formula is C20H23N7O. The van der Waals surface area contributed by atoms with Crippen molar-refractivity contribution in [1.82, 2.24) is 35.0 Å². The number of hydrogen-bond acceptors (Lipinski definition) is 6. The molecule has 8 nitrogen and oxygen atoms in total. The number of aromatic nitrogens is 5. The minimum absolute atomic E-state index is 0.0191. The highest BCUT2D eigenvalue weighted by atomic mass is 16.2. The zero-order valence-corrected chi connectivity index (χ0v) is 15.9. The third-order valence-electron chi connectivity index (χ3n) is 4.98. The van der Waals surface area contributed by atoms with Crippen LogP contribution in [-0.2, 0) is 17.9 Å². The van der Waals surface area contributed by atoms with Crippen LogP contribution < -0.4 is 0 Å². The highest BCUT2D eigenvalue weighted by molar-refractivity contribution is 5.76. The molecule has 144 valence electrons. The van der Waals surface area contributed by atoms with Crippen molar-refractivity contribution < 1.29 is 4.79 Å². The van der Waals surface area contributed by atoms with Crippen molar-refractivity contribution in [2.24, 2.45) is 0 Å². The van der Waals surface area contributed by atoms with Crippen LogP contribution in [0.4, 0.5) is 0 Å². The number of aryl methyl sites for hydroxylation is 1. The lowest BCUT2D eigenvalue weighted by atomic mass is 10.2. The highest BCUT2D eigenvalue weighted by Gasteiger charge is 2.22. The van der Waals surface area contributed by atoms with Crippen LogP contribution in [0.5, 0.6) is 0 Å². The Bertz CT molecular complexity index is 932. The Labute approximate surface area is 163 Å².